The number of nitrogens with one attached hydrogen (secondary N) is 2. The van der Waals surface area contributed by atoms with E-state index in [2.05, 4.69) is 20.3 Å². The molecule has 0 saturated carbocycles. The maximum atomic E-state index is 12.3. The van der Waals surface area contributed by atoms with E-state index in [1.807, 2.05) is 18.2 Å². The van der Waals surface area contributed by atoms with Crippen LogP contribution in [0.4, 0.5) is 0 Å². The summed E-state index contributed by atoms with van der Waals surface area (Å²) in [7, 11) is 0. The highest BCUT2D eigenvalue weighted by Gasteiger charge is 2.13. The Balaban J connectivity index is 1.59. The average molecular weight is 417 g/mol. The van der Waals surface area contributed by atoms with Crippen molar-refractivity contribution in [3.63, 3.8) is 0 Å². The fourth-order valence-corrected chi connectivity index (χ4v) is 3.20. The third-order valence-electron chi connectivity index (χ3n) is 4.12. The van der Waals surface area contributed by atoms with Gasteiger partial charge in [-0.25, -0.2) is 4.98 Å². The van der Waals surface area contributed by atoms with E-state index in [0.717, 1.165) is 18.5 Å². The molecule has 0 atom stereocenters. The number of hydrogen-bond acceptors (Lipinski definition) is 4. The Hall–Kier alpha value is -2.70. The van der Waals surface area contributed by atoms with Crippen molar-refractivity contribution in [2.24, 2.45) is 0 Å². The van der Waals surface area contributed by atoms with Gasteiger partial charge in [0.25, 0.3) is 11.5 Å². The molecule has 0 unspecified atom stereocenters. The number of aryl methyl sites for hydroxylation is 1. The lowest BCUT2D eigenvalue weighted by atomic mass is 10.1. The van der Waals surface area contributed by atoms with Crippen molar-refractivity contribution in [3.05, 3.63) is 91.8 Å². The molecule has 28 heavy (non-hydrogen) atoms. The fraction of sp³-hybridized carbons (Fsp3) is 0.200. The van der Waals surface area contributed by atoms with Crippen LogP contribution in [0.3, 0.4) is 0 Å². The molecule has 1 aromatic carbocycles. The van der Waals surface area contributed by atoms with Crippen LogP contribution in [0.5, 0.6) is 0 Å². The Kier molecular flexibility index (Phi) is 6.79. The van der Waals surface area contributed by atoms with Crippen molar-refractivity contribution in [1.82, 2.24) is 20.3 Å². The zero-order valence-corrected chi connectivity index (χ0v) is 16.4. The van der Waals surface area contributed by atoms with Gasteiger partial charge >= 0.3 is 0 Å². The molecule has 2 aromatic heterocycles. The molecule has 8 heteroatoms. The first-order valence-corrected chi connectivity index (χ1v) is 9.49. The number of carbonyl (C=O) groups excluding carboxylic acids is 1. The van der Waals surface area contributed by atoms with E-state index in [4.69, 9.17) is 23.2 Å². The molecule has 0 fully saturated rings. The van der Waals surface area contributed by atoms with Gasteiger partial charge in [-0.2, -0.15) is 0 Å². The number of benzene rings is 1. The highest BCUT2D eigenvalue weighted by atomic mass is 35.5. The first-order valence-electron chi connectivity index (χ1n) is 8.74. The summed E-state index contributed by atoms with van der Waals surface area (Å²) in [5, 5.41) is 3.71. The number of hydrogen-bond donors (Lipinski definition) is 2. The summed E-state index contributed by atoms with van der Waals surface area (Å²) in [6, 6.07) is 10.9. The van der Waals surface area contributed by atoms with E-state index in [0.29, 0.717) is 28.0 Å². The Morgan fingerprint density at radius 1 is 1.07 bits per heavy atom. The van der Waals surface area contributed by atoms with Crippen molar-refractivity contribution in [1.29, 1.82) is 0 Å². The molecular formula is C20H18Cl2N4O2. The molecule has 0 spiro atoms. The van der Waals surface area contributed by atoms with Gasteiger partial charge in [0.15, 0.2) is 0 Å². The van der Waals surface area contributed by atoms with Crippen molar-refractivity contribution < 1.29 is 4.79 Å². The van der Waals surface area contributed by atoms with Crippen LogP contribution in [0.1, 0.15) is 33.9 Å². The molecule has 3 aromatic rings. The maximum Gasteiger partial charge on any atom is 0.263 e. The molecule has 3 rings (SSSR count). The second-order valence-electron chi connectivity index (χ2n) is 6.13. The predicted octanol–water partition coefficient (Wildman–Crippen LogP) is 3.43. The average Bonchev–Trinajstić information content (AvgIpc) is 2.69. The van der Waals surface area contributed by atoms with Crippen LogP contribution in [0.25, 0.3) is 0 Å². The molecule has 0 bridgehead atoms. The van der Waals surface area contributed by atoms with Crippen molar-refractivity contribution in [3.8, 4) is 0 Å². The molecule has 0 saturated heterocycles. The number of pyridine rings is 1. The van der Waals surface area contributed by atoms with Gasteiger partial charge in [-0.3, -0.25) is 14.6 Å². The van der Waals surface area contributed by atoms with Gasteiger partial charge in [0.05, 0.1) is 0 Å². The summed E-state index contributed by atoms with van der Waals surface area (Å²) in [6.07, 6.45) is 4.73. The molecule has 0 aliphatic carbocycles. The van der Waals surface area contributed by atoms with Gasteiger partial charge in [-0.15, -0.1) is 0 Å². The number of nitrogens with zero attached hydrogens (tertiary/aromatic N) is 2. The lowest BCUT2D eigenvalue weighted by Gasteiger charge is -2.08. The highest BCUT2D eigenvalue weighted by molar-refractivity contribution is 6.36. The zero-order chi connectivity index (χ0) is 19.9. The predicted molar refractivity (Wildman–Crippen MR) is 109 cm³/mol. The number of halogens is 2. The number of rotatable bonds is 7. The summed E-state index contributed by atoms with van der Waals surface area (Å²) in [6.45, 7) is 0.436. The van der Waals surface area contributed by atoms with Gasteiger partial charge in [0.1, 0.15) is 11.4 Å². The first kappa shape index (κ1) is 20.0. The maximum absolute atomic E-state index is 12.3. The second kappa shape index (κ2) is 9.48. The minimum atomic E-state index is -0.504. The van der Waals surface area contributed by atoms with Crippen molar-refractivity contribution in [2.75, 3.05) is 6.54 Å². The molecular weight excluding hydrogens is 399 g/mol. The Labute approximate surface area is 172 Å². The van der Waals surface area contributed by atoms with Crippen LogP contribution in [0.2, 0.25) is 10.0 Å². The number of aromatic amines is 1. The van der Waals surface area contributed by atoms with Crippen molar-refractivity contribution >= 4 is 29.1 Å². The monoisotopic (exact) mass is 416 g/mol. The minimum absolute atomic E-state index is 0.0353. The van der Waals surface area contributed by atoms with Gasteiger partial charge in [-0.05, 0) is 42.7 Å². The standard InChI is InChI=1S/C20H18Cl2N4O2/c21-16-7-3-8-17(22)14(16)11-18-25-12-15(20(28)26-18)19(27)24-10-4-6-13-5-1-2-9-23-13/h1-3,5,7-9,12H,4,6,10-11H2,(H,24,27)(H,25,26,28). The van der Waals surface area contributed by atoms with Crippen LogP contribution in [0.15, 0.2) is 53.6 Å². The molecule has 2 heterocycles. The van der Waals surface area contributed by atoms with E-state index in [9.17, 15) is 9.59 Å². The van der Waals surface area contributed by atoms with E-state index in [1.165, 1.54) is 6.20 Å². The van der Waals surface area contributed by atoms with Crippen LogP contribution >= 0.6 is 23.2 Å². The van der Waals surface area contributed by atoms with Crippen LogP contribution in [-0.2, 0) is 12.8 Å². The summed E-state index contributed by atoms with van der Waals surface area (Å²) in [5.41, 5.74) is 1.08. The van der Waals surface area contributed by atoms with Gasteiger partial charge in [0.2, 0.25) is 0 Å². The quantitative estimate of drug-likeness (QED) is 0.577. The van der Waals surface area contributed by atoms with Crippen LogP contribution < -0.4 is 10.9 Å². The molecule has 1 amide bonds. The first-order chi connectivity index (χ1) is 13.5. The smallest absolute Gasteiger partial charge is 0.263 e. The third kappa shape index (κ3) is 5.18. The minimum Gasteiger partial charge on any atom is -0.352 e. The molecule has 0 aliphatic heterocycles. The Bertz CT molecular complexity index is 1000. The second-order valence-corrected chi connectivity index (χ2v) is 6.94. The molecule has 144 valence electrons. The molecule has 2 N–H and O–H groups in total. The number of amides is 1. The highest BCUT2D eigenvalue weighted by Crippen LogP contribution is 2.25. The topological polar surface area (TPSA) is 87.7 Å². The number of H-pyrrole nitrogens is 1. The fourth-order valence-electron chi connectivity index (χ4n) is 2.66. The number of aromatic nitrogens is 3. The Morgan fingerprint density at radius 2 is 1.86 bits per heavy atom. The van der Waals surface area contributed by atoms with E-state index < -0.39 is 11.5 Å². The largest absolute Gasteiger partial charge is 0.352 e. The summed E-state index contributed by atoms with van der Waals surface area (Å²) < 4.78 is 0. The SMILES string of the molecule is O=C(NCCCc1ccccn1)c1cnc(Cc2c(Cl)cccc2Cl)[nH]c1=O. The number of carbonyl (C=O) groups is 1. The van der Waals surface area contributed by atoms with Crippen LogP contribution in [-0.4, -0.2) is 27.4 Å². The lowest BCUT2D eigenvalue weighted by Crippen LogP contribution is -2.31. The lowest BCUT2D eigenvalue weighted by molar-refractivity contribution is 0.0951. The summed E-state index contributed by atoms with van der Waals surface area (Å²) in [5.74, 6) is -0.0798. The van der Waals surface area contributed by atoms with Gasteiger partial charge in [0, 0.05) is 41.1 Å². The van der Waals surface area contributed by atoms with Gasteiger partial charge < -0.3 is 10.3 Å². The van der Waals surface area contributed by atoms with E-state index >= 15 is 0 Å². The van der Waals surface area contributed by atoms with E-state index in [-0.39, 0.29) is 12.0 Å². The zero-order valence-electron chi connectivity index (χ0n) is 14.9. The third-order valence-corrected chi connectivity index (χ3v) is 4.83. The van der Waals surface area contributed by atoms with Gasteiger partial charge in [-0.1, -0.05) is 35.3 Å². The summed E-state index contributed by atoms with van der Waals surface area (Å²) in [4.78, 5) is 35.5. The summed E-state index contributed by atoms with van der Waals surface area (Å²) >= 11 is 12.3. The molecule has 0 radical (unpaired) electrons. The molecule has 6 nitrogen and oxygen atoms in total. The Morgan fingerprint density at radius 3 is 2.54 bits per heavy atom. The van der Waals surface area contributed by atoms with E-state index in [1.54, 1.807) is 24.4 Å². The normalized spacial score (nSPS) is 10.6. The van der Waals surface area contributed by atoms with Crippen molar-refractivity contribution in [2.45, 2.75) is 19.3 Å². The molecule has 0 aliphatic rings. The van der Waals surface area contributed by atoms with Crippen LogP contribution in [0, 0.1) is 0 Å².